The first-order valence-corrected chi connectivity index (χ1v) is 3.94. The summed E-state index contributed by atoms with van der Waals surface area (Å²) < 4.78 is 25.7. The van der Waals surface area contributed by atoms with Crippen LogP contribution < -0.4 is 11.5 Å². The standard InChI is InChI=1S/C9H10F2N2O/c1-4(14)8(12)6-2-5(10)3-7(11)9(6)13/h2-3,8H,12-13H2,1H3. The minimum Gasteiger partial charge on any atom is -0.396 e. The second kappa shape index (κ2) is 3.71. The molecule has 0 amide bonds. The van der Waals surface area contributed by atoms with Crippen LogP contribution in [0.4, 0.5) is 14.5 Å². The molecule has 4 N–H and O–H groups in total. The van der Waals surface area contributed by atoms with E-state index in [1.54, 1.807) is 0 Å². The van der Waals surface area contributed by atoms with E-state index in [-0.39, 0.29) is 11.3 Å². The maximum absolute atomic E-state index is 12.9. The van der Waals surface area contributed by atoms with Crippen molar-refractivity contribution >= 4 is 11.5 Å². The molecule has 3 nitrogen and oxygen atoms in total. The molecule has 1 unspecified atom stereocenters. The Morgan fingerprint density at radius 2 is 2.00 bits per heavy atom. The molecule has 1 aromatic carbocycles. The molecular formula is C9H10F2N2O. The van der Waals surface area contributed by atoms with Crippen LogP contribution in [-0.2, 0) is 4.79 Å². The Balaban J connectivity index is 3.26. The van der Waals surface area contributed by atoms with E-state index in [0.29, 0.717) is 6.07 Å². The van der Waals surface area contributed by atoms with Crippen molar-refractivity contribution in [3.8, 4) is 0 Å². The number of hydrogen-bond acceptors (Lipinski definition) is 3. The third-order valence-electron chi connectivity index (χ3n) is 1.90. The number of carbonyl (C=O) groups is 1. The molecule has 1 aromatic rings. The number of nitrogen functional groups attached to an aromatic ring is 1. The van der Waals surface area contributed by atoms with E-state index in [9.17, 15) is 13.6 Å². The van der Waals surface area contributed by atoms with E-state index in [0.717, 1.165) is 6.07 Å². The number of carbonyl (C=O) groups excluding carboxylic acids is 1. The highest BCUT2D eigenvalue weighted by atomic mass is 19.1. The normalized spacial score (nSPS) is 12.6. The van der Waals surface area contributed by atoms with Crippen molar-refractivity contribution in [2.75, 3.05) is 5.73 Å². The van der Waals surface area contributed by atoms with E-state index < -0.39 is 23.5 Å². The third-order valence-corrected chi connectivity index (χ3v) is 1.90. The van der Waals surface area contributed by atoms with Crippen LogP contribution >= 0.6 is 0 Å². The van der Waals surface area contributed by atoms with Gasteiger partial charge in [0.25, 0.3) is 0 Å². The summed E-state index contributed by atoms with van der Waals surface area (Å²) in [6, 6.07) is 0.524. The van der Waals surface area contributed by atoms with Crippen LogP contribution in [0.15, 0.2) is 12.1 Å². The van der Waals surface area contributed by atoms with Crippen LogP contribution in [-0.4, -0.2) is 5.78 Å². The number of rotatable bonds is 2. The van der Waals surface area contributed by atoms with Gasteiger partial charge in [-0.15, -0.1) is 0 Å². The van der Waals surface area contributed by atoms with Crippen molar-refractivity contribution in [2.45, 2.75) is 13.0 Å². The molecule has 0 spiro atoms. The monoisotopic (exact) mass is 200 g/mol. The van der Waals surface area contributed by atoms with Gasteiger partial charge in [-0.3, -0.25) is 4.79 Å². The van der Waals surface area contributed by atoms with Gasteiger partial charge in [0.1, 0.15) is 11.6 Å². The molecule has 1 rings (SSSR count). The fourth-order valence-electron chi connectivity index (χ4n) is 1.08. The molecule has 0 aliphatic carbocycles. The van der Waals surface area contributed by atoms with Crippen LogP contribution in [0.3, 0.4) is 0 Å². The Morgan fingerprint density at radius 3 is 2.50 bits per heavy atom. The highest BCUT2D eigenvalue weighted by molar-refractivity contribution is 5.84. The van der Waals surface area contributed by atoms with Gasteiger partial charge in [0.2, 0.25) is 0 Å². The van der Waals surface area contributed by atoms with Gasteiger partial charge in [-0.25, -0.2) is 8.78 Å². The fourth-order valence-corrected chi connectivity index (χ4v) is 1.08. The van der Waals surface area contributed by atoms with Crippen molar-refractivity contribution in [1.82, 2.24) is 0 Å². The first-order chi connectivity index (χ1) is 6.43. The number of benzene rings is 1. The second-order valence-corrected chi connectivity index (χ2v) is 2.98. The van der Waals surface area contributed by atoms with Gasteiger partial charge < -0.3 is 11.5 Å². The van der Waals surface area contributed by atoms with E-state index in [1.807, 2.05) is 0 Å². The Labute approximate surface area is 79.7 Å². The Hall–Kier alpha value is -1.49. The molecule has 0 aromatic heterocycles. The molecule has 76 valence electrons. The topological polar surface area (TPSA) is 69.1 Å². The van der Waals surface area contributed by atoms with Crippen molar-refractivity contribution in [1.29, 1.82) is 0 Å². The number of halogens is 2. The van der Waals surface area contributed by atoms with Crippen LogP contribution in [0.1, 0.15) is 18.5 Å². The van der Waals surface area contributed by atoms with E-state index >= 15 is 0 Å². The van der Waals surface area contributed by atoms with Crippen LogP contribution in [0.2, 0.25) is 0 Å². The average Bonchev–Trinajstić information content (AvgIpc) is 2.09. The molecule has 0 aliphatic rings. The van der Waals surface area contributed by atoms with Crippen LogP contribution in [0.25, 0.3) is 0 Å². The summed E-state index contributed by atoms with van der Waals surface area (Å²) in [7, 11) is 0. The summed E-state index contributed by atoms with van der Waals surface area (Å²) in [5, 5.41) is 0. The lowest BCUT2D eigenvalue weighted by atomic mass is 10.0. The maximum Gasteiger partial charge on any atom is 0.151 e. The SMILES string of the molecule is CC(=O)C(N)c1cc(F)cc(F)c1N. The third kappa shape index (κ3) is 1.88. The van der Waals surface area contributed by atoms with Gasteiger partial charge >= 0.3 is 0 Å². The summed E-state index contributed by atoms with van der Waals surface area (Å²) in [5.41, 5.74) is 10.4. The molecule has 0 radical (unpaired) electrons. The summed E-state index contributed by atoms with van der Waals surface area (Å²) in [5.74, 6) is -2.11. The van der Waals surface area contributed by atoms with Gasteiger partial charge in [0.05, 0.1) is 11.7 Å². The summed E-state index contributed by atoms with van der Waals surface area (Å²) in [6.45, 7) is 1.23. The summed E-state index contributed by atoms with van der Waals surface area (Å²) in [4.78, 5) is 10.9. The largest absolute Gasteiger partial charge is 0.396 e. The molecule has 5 heteroatoms. The molecule has 0 fully saturated rings. The molecule has 0 bridgehead atoms. The Morgan fingerprint density at radius 1 is 1.43 bits per heavy atom. The zero-order valence-corrected chi connectivity index (χ0v) is 7.55. The van der Waals surface area contributed by atoms with Crippen molar-refractivity contribution in [2.24, 2.45) is 5.73 Å². The molecule has 0 aliphatic heterocycles. The van der Waals surface area contributed by atoms with Crippen molar-refractivity contribution in [3.63, 3.8) is 0 Å². The molecule has 0 saturated heterocycles. The lowest BCUT2D eigenvalue weighted by molar-refractivity contribution is -0.118. The number of anilines is 1. The summed E-state index contributed by atoms with van der Waals surface area (Å²) >= 11 is 0. The van der Waals surface area contributed by atoms with Crippen LogP contribution in [0.5, 0.6) is 0 Å². The zero-order chi connectivity index (χ0) is 10.9. The predicted octanol–water partition coefficient (Wildman–Crippen LogP) is 1.14. The zero-order valence-electron chi connectivity index (χ0n) is 7.55. The van der Waals surface area contributed by atoms with Gasteiger partial charge in [0.15, 0.2) is 5.78 Å². The molecule has 14 heavy (non-hydrogen) atoms. The van der Waals surface area contributed by atoms with Gasteiger partial charge in [-0.2, -0.15) is 0 Å². The minimum absolute atomic E-state index is 0.0185. The van der Waals surface area contributed by atoms with E-state index in [2.05, 4.69) is 0 Å². The Bertz CT molecular complexity index is 379. The summed E-state index contributed by atoms with van der Waals surface area (Å²) in [6.07, 6.45) is 0. The molecule has 1 atom stereocenters. The molecule has 0 saturated carbocycles. The maximum atomic E-state index is 12.9. The molecular weight excluding hydrogens is 190 g/mol. The number of nitrogens with two attached hydrogens (primary N) is 2. The first-order valence-electron chi connectivity index (χ1n) is 3.94. The minimum atomic E-state index is -1.08. The predicted molar refractivity (Wildman–Crippen MR) is 48.4 cm³/mol. The Kier molecular flexibility index (Phi) is 2.81. The van der Waals surface area contributed by atoms with E-state index in [4.69, 9.17) is 11.5 Å². The first kappa shape index (κ1) is 10.6. The van der Waals surface area contributed by atoms with Crippen molar-refractivity contribution < 1.29 is 13.6 Å². The second-order valence-electron chi connectivity index (χ2n) is 2.98. The lowest BCUT2D eigenvalue weighted by Crippen LogP contribution is -2.20. The van der Waals surface area contributed by atoms with Gasteiger partial charge in [-0.1, -0.05) is 0 Å². The van der Waals surface area contributed by atoms with Crippen LogP contribution in [0, 0.1) is 11.6 Å². The van der Waals surface area contributed by atoms with Gasteiger partial charge in [0, 0.05) is 11.6 Å². The van der Waals surface area contributed by atoms with Crippen molar-refractivity contribution in [3.05, 3.63) is 29.3 Å². The average molecular weight is 200 g/mol. The number of ketones is 1. The quantitative estimate of drug-likeness (QED) is 0.703. The highest BCUT2D eigenvalue weighted by Gasteiger charge is 2.17. The fraction of sp³-hybridized carbons (Fsp3) is 0.222. The molecule has 0 heterocycles. The lowest BCUT2D eigenvalue weighted by Gasteiger charge is -2.11. The highest BCUT2D eigenvalue weighted by Crippen LogP contribution is 2.23. The van der Waals surface area contributed by atoms with E-state index in [1.165, 1.54) is 6.92 Å². The number of Topliss-reactive ketones (excluding diaryl/α,β-unsaturated/α-hetero) is 1. The smallest absolute Gasteiger partial charge is 0.151 e. The van der Waals surface area contributed by atoms with Gasteiger partial charge in [-0.05, 0) is 13.0 Å². The number of hydrogen-bond donors (Lipinski definition) is 2.